The van der Waals surface area contributed by atoms with E-state index >= 15 is 0 Å². The molecule has 132 valence electrons. The van der Waals surface area contributed by atoms with E-state index in [0.29, 0.717) is 0 Å². The molecule has 1 aliphatic rings. The summed E-state index contributed by atoms with van der Waals surface area (Å²) < 4.78 is 0. The lowest BCUT2D eigenvalue weighted by Crippen LogP contribution is -2.09. The number of anilines is 1. The summed E-state index contributed by atoms with van der Waals surface area (Å²) in [5, 5.41) is 3.63. The normalized spacial score (nSPS) is 17.3. The molecule has 1 heteroatoms. The summed E-state index contributed by atoms with van der Waals surface area (Å²) >= 11 is 0. The first kappa shape index (κ1) is 18.8. The van der Waals surface area contributed by atoms with Gasteiger partial charge in [0.15, 0.2) is 0 Å². The highest BCUT2D eigenvalue weighted by atomic mass is 14.9. The molecule has 1 aromatic rings. The van der Waals surface area contributed by atoms with Crippen molar-refractivity contribution in [2.24, 2.45) is 5.92 Å². The van der Waals surface area contributed by atoms with Crippen LogP contribution in [0.1, 0.15) is 70.6 Å². The van der Waals surface area contributed by atoms with Crippen molar-refractivity contribution in [1.29, 1.82) is 0 Å². The second kappa shape index (κ2) is 12.9. The van der Waals surface area contributed by atoms with Gasteiger partial charge in [-0.1, -0.05) is 107 Å². The second-order valence-electron chi connectivity index (χ2n) is 7.12. The lowest BCUT2D eigenvalue weighted by molar-refractivity contribution is 0.397. The van der Waals surface area contributed by atoms with Crippen molar-refractivity contribution in [2.45, 2.75) is 70.6 Å². The summed E-state index contributed by atoms with van der Waals surface area (Å²) in [5.74, 6) is 0.915. The first-order valence-electron chi connectivity index (χ1n) is 10.1. The van der Waals surface area contributed by atoms with E-state index in [4.69, 9.17) is 0 Å². The fraction of sp³-hybridized carbons (Fsp3) is 0.565. The quantitative estimate of drug-likeness (QED) is 0.620. The number of rotatable bonds is 4. The van der Waals surface area contributed by atoms with Gasteiger partial charge in [-0.05, 0) is 24.5 Å². The molecule has 1 aromatic carbocycles. The molecule has 0 bridgehead atoms. The van der Waals surface area contributed by atoms with Gasteiger partial charge in [0.2, 0.25) is 0 Å². The summed E-state index contributed by atoms with van der Waals surface area (Å²) in [6.45, 7) is 1.09. The fourth-order valence-corrected chi connectivity index (χ4v) is 3.59. The summed E-state index contributed by atoms with van der Waals surface area (Å²) in [7, 11) is 0. The zero-order valence-corrected chi connectivity index (χ0v) is 15.3. The third-order valence-electron chi connectivity index (χ3n) is 5.07. The van der Waals surface area contributed by atoms with Gasteiger partial charge in [-0.3, -0.25) is 0 Å². The molecule has 1 saturated carbocycles. The molecule has 0 atom stereocenters. The van der Waals surface area contributed by atoms with Crippen molar-refractivity contribution in [1.82, 2.24) is 0 Å². The van der Waals surface area contributed by atoms with E-state index in [-0.39, 0.29) is 0 Å². The molecule has 24 heavy (non-hydrogen) atoms. The molecule has 1 fully saturated rings. The Hall–Kier alpha value is -1.50. The highest BCUT2D eigenvalue weighted by Gasteiger charge is 2.09. The van der Waals surface area contributed by atoms with Crippen LogP contribution in [0.4, 0.5) is 5.69 Å². The van der Waals surface area contributed by atoms with Crippen molar-refractivity contribution < 1.29 is 0 Å². The minimum absolute atomic E-state index is 0.915. The number of hydrogen-bond acceptors (Lipinski definition) is 1. The summed E-state index contributed by atoms with van der Waals surface area (Å²) in [5.41, 5.74) is 1.21. The van der Waals surface area contributed by atoms with Gasteiger partial charge in [-0.15, -0.1) is 0 Å². The van der Waals surface area contributed by atoms with E-state index in [1.807, 2.05) is 0 Å². The van der Waals surface area contributed by atoms with Crippen molar-refractivity contribution in [3.63, 3.8) is 0 Å². The Morgan fingerprint density at radius 2 is 1.08 bits per heavy atom. The topological polar surface area (TPSA) is 12.0 Å². The molecule has 0 saturated heterocycles. The van der Waals surface area contributed by atoms with Crippen LogP contribution in [0.2, 0.25) is 0 Å². The average molecular weight is 326 g/mol. The first-order valence-corrected chi connectivity index (χ1v) is 10.1. The third kappa shape index (κ3) is 8.96. The van der Waals surface area contributed by atoms with Crippen molar-refractivity contribution >= 4 is 5.69 Å². The van der Waals surface area contributed by atoms with Crippen LogP contribution >= 0.6 is 0 Å². The van der Waals surface area contributed by atoms with Crippen molar-refractivity contribution in [3.05, 3.63) is 54.6 Å². The maximum Gasteiger partial charge on any atom is 0.0340 e. The largest absolute Gasteiger partial charge is 0.385 e. The van der Waals surface area contributed by atoms with E-state index in [0.717, 1.165) is 12.5 Å². The van der Waals surface area contributed by atoms with Gasteiger partial charge in [0.1, 0.15) is 0 Å². The molecule has 1 nitrogen and oxygen atoms in total. The van der Waals surface area contributed by atoms with E-state index in [1.54, 1.807) is 0 Å². The molecule has 0 aliphatic heterocycles. The van der Waals surface area contributed by atoms with E-state index in [9.17, 15) is 0 Å². The molecule has 0 radical (unpaired) electrons. The Balaban J connectivity index is 1.80. The standard InChI is InChI=1S/C23H35N/c1-2-5-9-13-17-22(16-12-8-4-1)20-21-24-23-18-14-10-6-3-7-11-15-19-23/h3,6-7,10-11,14-15,18-19,22,24H,1-2,4-5,8-9,12-13,16-17,20-21H2. The minimum Gasteiger partial charge on any atom is -0.385 e. The maximum atomic E-state index is 3.63. The predicted molar refractivity (Wildman–Crippen MR) is 107 cm³/mol. The van der Waals surface area contributed by atoms with Gasteiger partial charge in [-0.25, -0.2) is 0 Å². The zero-order chi connectivity index (χ0) is 16.7. The highest BCUT2D eigenvalue weighted by Crippen LogP contribution is 2.23. The molecule has 0 spiro atoms. The predicted octanol–water partition coefficient (Wildman–Crippen LogP) is 7.14. The van der Waals surface area contributed by atoms with Gasteiger partial charge in [0.05, 0.1) is 0 Å². The van der Waals surface area contributed by atoms with Crippen molar-refractivity contribution in [3.8, 4) is 0 Å². The zero-order valence-electron chi connectivity index (χ0n) is 15.3. The van der Waals surface area contributed by atoms with Gasteiger partial charge in [0.25, 0.3) is 0 Å². The molecule has 0 amide bonds. The van der Waals surface area contributed by atoms with Crippen LogP contribution in [0.25, 0.3) is 0 Å². The highest BCUT2D eigenvalue weighted by molar-refractivity contribution is 5.40. The molecular weight excluding hydrogens is 290 g/mol. The Morgan fingerprint density at radius 1 is 0.625 bits per heavy atom. The van der Waals surface area contributed by atoms with Crippen LogP contribution in [0, 0.1) is 5.92 Å². The molecule has 2 rings (SSSR count). The number of hydrogen-bond donors (Lipinski definition) is 1. The third-order valence-corrected chi connectivity index (χ3v) is 5.07. The van der Waals surface area contributed by atoms with Gasteiger partial charge in [0, 0.05) is 12.2 Å². The SMILES string of the molecule is c1ccccc(NCCC2CCCCCCCCCC2)cccc1. The Bertz CT molecular complexity index is 444. The second-order valence-corrected chi connectivity index (χ2v) is 7.12. The maximum absolute atomic E-state index is 3.63. The molecule has 1 aliphatic carbocycles. The Kier molecular flexibility index (Phi) is 10.1. The lowest BCUT2D eigenvalue weighted by atomic mass is 9.92. The fourth-order valence-electron chi connectivity index (χ4n) is 3.59. The molecular formula is C23H35N. The summed E-state index contributed by atoms with van der Waals surface area (Å²) in [4.78, 5) is 0. The smallest absolute Gasteiger partial charge is 0.0340 e. The van der Waals surface area contributed by atoms with Gasteiger partial charge in [-0.2, -0.15) is 0 Å². The Labute approximate surface area is 149 Å². The molecule has 0 heterocycles. The molecule has 0 unspecified atom stereocenters. The number of nitrogens with one attached hydrogen (secondary N) is 1. The van der Waals surface area contributed by atoms with Crippen LogP contribution in [-0.2, 0) is 0 Å². The Morgan fingerprint density at radius 3 is 1.62 bits per heavy atom. The van der Waals surface area contributed by atoms with Crippen LogP contribution < -0.4 is 5.32 Å². The van der Waals surface area contributed by atoms with E-state index < -0.39 is 0 Å². The lowest BCUT2D eigenvalue weighted by Gasteiger charge is -2.17. The average Bonchev–Trinajstić information content (AvgIpc) is 2.66. The molecule has 0 aromatic heterocycles. The van der Waals surface area contributed by atoms with Crippen LogP contribution in [0.15, 0.2) is 54.6 Å². The minimum atomic E-state index is 0.915. The van der Waals surface area contributed by atoms with Crippen LogP contribution in [-0.4, -0.2) is 6.54 Å². The first-order chi connectivity index (χ1) is 11.9. The van der Waals surface area contributed by atoms with Crippen LogP contribution in [0.5, 0.6) is 0 Å². The van der Waals surface area contributed by atoms with Gasteiger partial charge >= 0.3 is 0 Å². The monoisotopic (exact) mass is 325 g/mol. The van der Waals surface area contributed by atoms with E-state index in [2.05, 4.69) is 59.9 Å². The van der Waals surface area contributed by atoms with Crippen molar-refractivity contribution in [2.75, 3.05) is 11.9 Å². The van der Waals surface area contributed by atoms with Crippen LogP contribution in [0.3, 0.4) is 0 Å². The van der Waals surface area contributed by atoms with Gasteiger partial charge < -0.3 is 5.32 Å². The molecule has 1 N–H and O–H groups in total. The van der Waals surface area contributed by atoms with E-state index in [1.165, 1.54) is 76.3 Å². The summed E-state index contributed by atoms with van der Waals surface area (Å²) in [6.07, 6.45) is 15.8. The summed E-state index contributed by atoms with van der Waals surface area (Å²) in [6, 6.07) is 18.9.